The molecule has 1 atom stereocenters. The van der Waals surface area contributed by atoms with Crippen molar-refractivity contribution in [3.8, 4) is 0 Å². The van der Waals surface area contributed by atoms with E-state index < -0.39 is 18.0 Å². The van der Waals surface area contributed by atoms with Crippen molar-refractivity contribution in [3.63, 3.8) is 0 Å². The van der Waals surface area contributed by atoms with Crippen LogP contribution in [0.2, 0.25) is 0 Å². The van der Waals surface area contributed by atoms with Gasteiger partial charge in [-0.1, -0.05) is 24.5 Å². The summed E-state index contributed by atoms with van der Waals surface area (Å²) < 4.78 is 0. The summed E-state index contributed by atoms with van der Waals surface area (Å²) in [6, 6.07) is -1.38. The molecule has 1 saturated carbocycles. The van der Waals surface area contributed by atoms with Crippen molar-refractivity contribution in [2.45, 2.75) is 44.7 Å². The summed E-state index contributed by atoms with van der Waals surface area (Å²) in [6.07, 6.45) is 4.83. The van der Waals surface area contributed by atoms with Crippen LogP contribution in [0.5, 0.6) is 0 Å². The van der Waals surface area contributed by atoms with E-state index in [2.05, 4.69) is 31.3 Å². The minimum atomic E-state index is -0.994. The highest BCUT2D eigenvalue weighted by Crippen LogP contribution is 2.26. The van der Waals surface area contributed by atoms with Gasteiger partial charge in [0.15, 0.2) is 5.82 Å². The largest absolute Gasteiger partial charge is 0.480 e. The second-order valence-corrected chi connectivity index (χ2v) is 4.87. The molecule has 0 saturated heterocycles. The number of aromatic nitrogens is 4. The van der Waals surface area contributed by atoms with Gasteiger partial charge in [0.2, 0.25) is 0 Å². The summed E-state index contributed by atoms with van der Waals surface area (Å²) in [4.78, 5) is 23.0. The maximum absolute atomic E-state index is 11.7. The number of H-pyrrole nitrogens is 1. The number of rotatable bonds is 5. The average molecular weight is 282 g/mol. The molecule has 20 heavy (non-hydrogen) atoms. The SMILES string of the molecule is O=C(NCc1nn[nH]n1)NC(C(=O)O)C1CCCCC1. The van der Waals surface area contributed by atoms with Crippen LogP contribution >= 0.6 is 0 Å². The molecule has 0 aliphatic heterocycles. The molecule has 9 nitrogen and oxygen atoms in total. The van der Waals surface area contributed by atoms with Crippen LogP contribution in [0.15, 0.2) is 0 Å². The Morgan fingerprint density at radius 1 is 1.35 bits per heavy atom. The number of urea groups is 1. The van der Waals surface area contributed by atoms with Gasteiger partial charge in [-0.2, -0.15) is 5.21 Å². The van der Waals surface area contributed by atoms with Crippen molar-refractivity contribution in [1.82, 2.24) is 31.3 Å². The Morgan fingerprint density at radius 3 is 2.70 bits per heavy atom. The zero-order valence-electron chi connectivity index (χ0n) is 11.0. The first-order chi connectivity index (χ1) is 9.66. The number of tetrazole rings is 1. The first-order valence-electron chi connectivity index (χ1n) is 6.66. The van der Waals surface area contributed by atoms with E-state index in [4.69, 9.17) is 0 Å². The molecule has 1 heterocycles. The summed E-state index contributed by atoms with van der Waals surface area (Å²) >= 11 is 0. The van der Waals surface area contributed by atoms with Crippen molar-refractivity contribution in [3.05, 3.63) is 5.82 Å². The van der Waals surface area contributed by atoms with Gasteiger partial charge in [-0.3, -0.25) is 0 Å². The number of carbonyl (C=O) groups is 2. The van der Waals surface area contributed by atoms with E-state index in [1.54, 1.807) is 0 Å². The summed E-state index contributed by atoms with van der Waals surface area (Å²) in [5, 5.41) is 27.3. The van der Waals surface area contributed by atoms with E-state index >= 15 is 0 Å². The van der Waals surface area contributed by atoms with Crippen molar-refractivity contribution in [1.29, 1.82) is 0 Å². The average Bonchev–Trinajstić information content (AvgIpc) is 2.96. The smallest absolute Gasteiger partial charge is 0.326 e. The first kappa shape index (κ1) is 14.2. The fourth-order valence-electron chi connectivity index (χ4n) is 2.46. The van der Waals surface area contributed by atoms with Crippen LogP contribution in [-0.2, 0) is 11.3 Å². The summed E-state index contributed by atoms with van der Waals surface area (Å²) in [5.41, 5.74) is 0. The van der Waals surface area contributed by atoms with Gasteiger partial charge in [0.1, 0.15) is 6.04 Å². The highest BCUT2D eigenvalue weighted by Gasteiger charge is 2.30. The Bertz CT molecular complexity index is 443. The number of carboxylic acids is 1. The van der Waals surface area contributed by atoms with E-state index in [0.29, 0.717) is 5.82 Å². The number of nitrogens with zero attached hydrogens (tertiary/aromatic N) is 3. The topological polar surface area (TPSA) is 133 Å². The number of hydrogen-bond acceptors (Lipinski definition) is 5. The molecule has 1 fully saturated rings. The van der Waals surface area contributed by atoms with E-state index in [-0.39, 0.29) is 12.5 Å². The lowest BCUT2D eigenvalue weighted by Gasteiger charge is -2.27. The Kier molecular flexibility index (Phi) is 4.85. The molecule has 1 aliphatic rings. The molecular weight excluding hydrogens is 264 g/mol. The molecule has 2 amide bonds. The molecule has 4 N–H and O–H groups in total. The number of aliphatic carboxylic acids is 1. The lowest BCUT2D eigenvalue weighted by Crippen LogP contribution is -2.50. The van der Waals surface area contributed by atoms with Gasteiger partial charge >= 0.3 is 12.0 Å². The Hall–Kier alpha value is -2.19. The highest BCUT2D eigenvalue weighted by atomic mass is 16.4. The van der Waals surface area contributed by atoms with Crippen LogP contribution < -0.4 is 10.6 Å². The van der Waals surface area contributed by atoms with Crippen molar-refractivity contribution in [2.24, 2.45) is 5.92 Å². The van der Waals surface area contributed by atoms with Crippen molar-refractivity contribution < 1.29 is 14.7 Å². The monoisotopic (exact) mass is 282 g/mol. The lowest BCUT2D eigenvalue weighted by atomic mass is 9.84. The van der Waals surface area contributed by atoms with Gasteiger partial charge in [0, 0.05) is 0 Å². The Morgan fingerprint density at radius 2 is 2.10 bits per heavy atom. The third-order valence-electron chi connectivity index (χ3n) is 3.47. The van der Waals surface area contributed by atoms with Gasteiger partial charge in [-0.05, 0) is 18.8 Å². The molecule has 0 aromatic carbocycles. The van der Waals surface area contributed by atoms with Crippen LogP contribution in [0.3, 0.4) is 0 Å². The number of amides is 2. The van der Waals surface area contributed by atoms with Gasteiger partial charge in [-0.25, -0.2) is 9.59 Å². The van der Waals surface area contributed by atoms with Gasteiger partial charge < -0.3 is 15.7 Å². The predicted molar refractivity (Wildman–Crippen MR) is 67.5 cm³/mol. The molecule has 2 rings (SSSR count). The maximum atomic E-state index is 11.7. The normalized spacial score (nSPS) is 17.4. The zero-order valence-corrected chi connectivity index (χ0v) is 11.0. The number of carboxylic acid groups (broad SMARTS) is 1. The fourth-order valence-corrected chi connectivity index (χ4v) is 2.46. The van der Waals surface area contributed by atoms with Crippen LogP contribution in [0, 0.1) is 5.92 Å². The Balaban J connectivity index is 1.83. The minimum absolute atomic E-state index is 0.00262. The van der Waals surface area contributed by atoms with Crippen LogP contribution in [0.4, 0.5) is 4.79 Å². The molecular formula is C11H18N6O3. The van der Waals surface area contributed by atoms with Crippen molar-refractivity contribution in [2.75, 3.05) is 0 Å². The zero-order chi connectivity index (χ0) is 14.4. The minimum Gasteiger partial charge on any atom is -0.480 e. The van der Waals surface area contributed by atoms with Gasteiger partial charge in [-0.15, -0.1) is 10.2 Å². The standard InChI is InChI=1S/C11H18N6O3/c18-10(19)9(7-4-2-1-3-5-7)13-11(20)12-6-8-14-16-17-15-8/h7,9H,1-6H2,(H,18,19)(H2,12,13,20)(H,14,15,16,17). The van der Waals surface area contributed by atoms with Crippen LogP contribution in [-0.4, -0.2) is 43.8 Å². The van der Waals surface area contributed by atoms with Crippen LogP contribution in [0.25, 0.3) is 0 Å². The van der Waals surface area contributed by atoms with E-state index in [1.165, 1.54) is 0 Å². The highest BCUT2D eigenvalue weighted by molar-refractivity contribution is 5.82. The second-order valence-electron chi connectivity index (χ2n) is 4.87. The number of hydrogen-bond donors (Lipinski definition) is 4. The number of aromatic amines is 1. The molecule has 0 radical (unpaired) electrons. The molecule has 9 heteroatoms. The van der Waals surface area contributed by atoms with Crippen LogP contribution in [0.1, 0.15) is 37.9 Å². The molecule has 1 aromatic heterocycles. The van der Waals surface area contributed by atoms with E-state index in [1.807, 2.05) is 0 Å². The predicted octanol–water partition coefficient (Wildman–Crippen LogP) is 0.0324. The summed E-state index contributed by atoms with van der Waals surface area (Å²) in [7, 11) is 0. The quantitative estimate of drug-likeness (QED) is 0.602. The van der Waals surface area contributed by atoms with Gasteiger partial charge in [0.25, 0.3) is 0 Å². The maximum Gasteiger partial charge on any atom is 0.326 e. The molecule has 1 unspecified atom stereocenters. The van der Waals surface area contributed by atoms with Crippen molar-refractivity contribution >= 4 is 12.0 Å². The molecule has 1 aliphatic carbocycles. The lowest BCUT2D eigenvalue weighted by molar-refractivity contribution is -0.141. The summed E-state index contributed by atoms with van der Waals surface area (Å²) in [5.74, 6) is -0.659. The molecule has 0 bridgehead atoms. The molecule has 110 valence electrons. The summed E-state index contributed by atoms with van der Waals surface area (Å²) in [6.45, 7) is 0.0966. The third kappa shape index (κ3) is 3.90. The second kappa shape index (κ2) is 6.83. The third-order valence-corrected chi connectivity index (χ3v) is 3.47. The number of carbonyl (C=O) groups excluding carboxylic acids is 1. The number of nitrogens with one attached hydrogen (secondary N) is 3. The first-order valence-corrected chi connectivity index (χ1v) is 6.66. The fraction of sp³-hybridized carbons (Fsp3) is 0.727. The molecule has 0 spiro atoms. The Labute approximate surface area is 115 Å². The van der Waals surface area contributed by atoms with E-state index in [0.717, 1.165) is 32.1 Å². The van der Waals surface area contributed by atoms with E-state index in [9.17, 15) is 14.7 Å². The van der Waals surface area contributed by atoms with Gasteiger partial charge in [0.05, 0.1) is 6.54 Å². The molecule has 1 aromatic rings.